The van der Waals surface area contributed by atoms with E-state index >= 15 is 0 Å². The lowest BCUT2D eigenvalue weighted by Gasteiger charge is -2.24. The van der Waals surface area contributed by atoms with Crippen LogP contribution in [0.1, 0.15) is 20.3 Å². The van der Waals surface area contributed by atoms with Crippen LogP contribution in [-0.4, -0.2) is 38.2 Å². The Kier molecular flexibility index (Phi) is 4.21. The highest BCUT2D eigenvalue weighted by Crippen LogP contribution is 2.29. The molecule has 0 amide bonds. The molecule has 1 aliphatic rings. The minimum absolute atomic E-state index is 0.279. The van der Waals surface area contributed by atoms with E-state index in [2.05, 4.69) is 24.2 Å². The van der Waals surface area contributed by atoms with Crippen LogP contribution < -0.4 is 5.32 Å². The normalized spacial score (nSPS) is 18.1. The Bertz CT molecular complexity index is 569. The SMILES string of the molecule is CCC(C)NCCN1C=Nc2ccccc2S1(=O)=O. The fourth-order valence-corrected chi connectivity index (χ4v) is 3.23. The maximum absolute atomic E-state index is 12.4. The van der Waals surface area contributed by atoms with Gasteiger partial charge < -0.3 is 5.32 Å². The fraction of sp³-hybridized carbons (Fsp3) is 0.462. The first kappa shape index (κ1) is 14.0. The van der Waals surface area contributed by atoms with Crippen molar-refractivity contribution in [1.29, 1.82) is 0 Å². The van der Waals surface area contributed by atoms with Gasteiger partial charge in [-0.05, 0) is 25.5 Å². The average molecular weight is 281 g/mol. The third kappa shape index (κ3) is 2.96. The van der Waals surface area contributed by atoms with Gasteiger partial charge in [-0.1, -0.05) is 19.1 Å². The number of sulfonamides is 1. The summed E-state index contributed by atoms with van der Waals surface area (Å²) < 4.78 is 26.0. The summed E-state index contributed by atoms with van der Waals surface area (Å²) in [7, 11) is -3.44. The van der Waals surface area contributed by atoms with Crippen molar-refractivity contribution in [3.63, 3.8) is 0 Å². The molecule has 6 heteroatoms. The summed E-state index contributed by atoms with van der Waals surface area (Å²) in [4.78, 5) is 4.46. The van der Waals surface area contributed by atoms with Crippen LogP contribution in [0.4, 0.5) is 5.69 Å². The van der Waals surface area contributed by atoms with Crippen molar-refractivity contribution < 1.29 is 8.42 Å². The highest BCUT2D eigenvalue weighted by molar-refractivity contribution is 7.89. The molecular formula is C13H19N3O2S. The number of benzene rings is 1. The zero-order valence-corrected chi connectivity index (χ0v) is 12.0. The van der Waals surface area contributed by atoms with E-state index in [1.54, 1.807) is 24.3 Å². The zero-order valence-electron chi connectivity index (χ0n) is 11.2. The van der Waals surface area contributed by atoms with Gasteiger partial charge in [-0.25, -0.2) is 13.4 Å². The summed E-state index contributed by atoms with van der Waals surface area (Å²) in [6.07, 6.45) is 2.42. The van der Waals surface area contributed by atoms with Crippen LogP contribution in [0.15, 0.2) is 34.2 Å². The van der Waals surface area contributed by atoms with Crippen molar-refractivity contribution in [2.24, 2.45) is 4.99 Å². The number of para-hydroxylation sites is 1. The Balaban J connectivity index is 2.09. The van der Waals surface area contributed by atoms with E-state index in [-0.39, 0.29) is 4.90 Å². The average Bonchev–Trinajstić information content (AvgIpc) is 2.41. The second-order valence-electron chi connectivity index (χ2n) is 4.59. The quantitative estimate of drug-likeness (QED) is 0.894. The molecule has 0 saturated heterocycles. The first-order valence-electron chi connectivity index (χ1n) is 6.44. The Hall–Kier alpha value is -1.40. The molecule has 1 heterocycles. The molecule has 1 aromatic rings. The van der Waals surface area contributed by atoms with Gasteiger partial charge in [0.05, 0.1) is 5.69 Å². The van der Waals surface area contributed by atoms with Crippen molar-refractivity contribution in [2.75, 3.05) is 13.1 Å². The van der Waals surface area contributed by atoms with E-state index in [9.17, 15) is 8.42 Å². The lowest BCUT2D eigenvalue weighted by atomic mass is 10.3. The number of hydrogen-bond donors (Lipinski definition) is 1. The van der Waals surface area contributed by atoms with Gasteiger partial charge in [0.15, 0.2) is 0 Å². The van der Waals surface area contributed by atoms with Crippen LogP contribution in [-0.2, 0) is 10.0 Å². The predicted molar refractivity (Wildman–Crippen MR) is 76.2 cm³/mol. The van der Waals surface area contributed by atoms with Crippen LogP contribution in [0.25, 0.3) is 0 Å². The Morgan fingerprint density at radius 3 is 2.84 bits per heavy atom. The van der Waals surface area contributed by atoms with Crippen molar-refractivity contribution in [3.8, 4) is 0 Å². The Labute approximate surface area is 114 Å². The first-order valence-corrected chi connectivity index (χ1v) is 7.88. The van der Waals surface area contributed by atoms with Crippen LogP contribution in [0.2, 0.25) is 0 Å². The van der Waals surface area contributed by atoms with E-state index in [4.69, 9.17) is 0 Å². The number of nitrogens with zero attached hydrogens (tertiary/aromatic N) is 2. The summed E-state index contributed by atoms with van der Waals surface area (Å²) >= 11 is 0. The zero-order chi connectivity index (χ0) is 13.9. The maximum Gasteiger partial charge on any atom is 0.267 e. The van der Waals surface area contributed by atoms with Gasteiger partial charge in [0.1, 0.15) is 11.2 Å². The van der Waals surface area contributed by atoms with Gasteiger partial charge in [0, 0.05) is 19.1 Å². The van der Waals surface area contributed by atoms with Crippen LogP contribution in [0.3, 0.4) is 0 Å². The number of nitrogens with one attached hydrogen (secondary N) is 1. The van der Waals surface area contributed by atoms with E-state index in [1.165, 1.54) is 10.6 Å². The molecule has 0 aliphatic carbocycles. The largest absolute Gasteiger partial charge is 0.312 e. The third-order valence-electron chi connectivity index (χ3n) is 3.21. The van der Waals surface area contributed by atoms with Crippen LogP contribution >= 0.6 is 0 Å². The van der Waals surface area contributed by atoms with Crippen LogP contribution in [0.5, 0.6) is 0 Å². The number of fused-ring (bicyclic) bond motifs is 1. The molecule has 1 unspecified atom stereocenters. The highest BCUT2D eigenvalue weighted by Gasteiger charge is 2.27. The third-order valence-corrected chi connectivity index (χ3v) is 5.01. The molecule has 0 spiro atoms. The fourth-order valence-electron chi connectivity index (χ4n) is 1.84. The molecule has 0 fully saturated rings. The van der Waals surface area contributed by atoms with Gasteiger partial charge in [-0.15, -0.1) is 0 Å². The summed E-state index contributed by atoms with van der Waals surface area (Å²) in [5.74, 6) is 0. The highest BCUT2D eigenvalue weighted by atomic mass is 32.2. The summed E-state index contributed by atoms with van der Waals surface area (Å²) in [6, 6.07) is 7.18. The molecule has 1 N–H and O–H groups in total. The summed E-state index contributed by atoms with van der Waals surface area (Å²) in [6.45, 7) is 5.17. The van der Waals surface area contributed by atoms with E-state index in [0.717, 1.165) is 6.42 Å². The molecule has 0 saturated carbocycles. The lowest BCUT2D eigenvalue weighted by molar-refractivity contribution is 0.479. The van der Waals surface area contributed by atoms with Crippen LogP contribution in [0, 0.1) is 0 Å². The summed E-state index contributed by atoms with van der Waals surface area (Å²) in [5.41, 5.74) is 0.508. The molecule has 1 aliphatic heterocycles. The van der Waals surface area contributed by atoms with Crippen molar-refractivity contribution in [1.82, 2.24) is 9.62 Å². The minimum Gasteiger partial charge on any atom is -0.312 e. The van der Waals surface area contributed by atoms with Gasteiger partial charge in [0.2, 0.25) is 0 Å². The van der Waals surface area contributed by atoms with E-state index in [0.29, 0.717) is 24.8 Å². The van der Waals surface area contributed by atoms with Crippen molar-refractivity contribution in [2.45, 2.75) is 31.2 Å². The van der Waals surface area contributed by atoms with E-state index in [1.807, 2.05) is 0 Å². The second kappa shape index (κ2) is 5.71. The molecule has 0 aromatic heterocycles. The molecule has 5 nitrogen and oxygen atoms in total. The smallest absolute Gasteiger partial charge is 0.267 e. The lowest BCUT2D eigenvalue weighted by Crippen LogP contribution is -2.39. The van der Waals surface area contributed by atoms with Gasteiger partial charge in [0.25, 0.3) is 10.0 Å². The Morgan fingerprint density at radius 1 is 1.37 bits per heavy atom. The van der Waals surface area contributed by atoms with Crippen molar-refractivity contribution in [3.05, 3.63) is 24.3 Å². The molecule has 2 rings (SSSR count). The number of rotatable bonds is 5. The topological polar surface area (TPSA) is 61.8 Å². The Morgan fingerprint density at radius 2 is 2.11 bits per heavy atom. The molecule has 0 bridgehead atoms. The second-order valence-corrected chi connectivity index (χ2v) is 6.45. The molecule has 0 radical (unpaired) electrons. The van der Waals surface area contributed by atoms with Gasteiger partial charge in [-0.2, -0.15) is 0 Å². The van der Waals surface area contributed by atoms with Gasteiger partial charge >= 0.3 is 0 Å². The maximum atomic E-state index is 12.4. The summed E-state index contributed by atoms with van der Waals surface area (Å²) in [5, 5.41) is 3.27. The molecule has 19 heavy (non-hydrogen) atoms. The first-order chi connectivity index (χ1) is 9.05. The molecule has 1 atom stereocenters. The monoisotopic (exact) mass is 281 g/mol. The minimum atomic E-state index is -3.44. The number of hydrogen-bond acceptors (Lipinski definition) is 4. The van der Waals surface area contributed by atoms with E-state index < -0.39 is 10.0 Å². The van der Waals surface area contributed by atoms with Crippen molar-refractivity contribution >= 4 is 22.0 Å². The molecule has 1 aromatic carbocycles. The molecular weight excluding hydrogens is 262 g/mol. The predicted octanol–water partition coefficient (Wildman–Crippen LogP) is 1.74. The standard InChI is InChI=1S/C13H19N3O2S/c1-3-11(2)14-8-9-16-10-15-12-6-4-5-7-13(12)19(16,17)18/h4-7,10-11,14H,3,8-9H2,1-2H3. The molecule has 104 valence electrons. The van der Waals surface area contributed by atoms with Gasteiger partial charge in [-0.3, -0.25) is 4.31 Å². The number of aliphatic imine (C=N–C) groups is 1.